The number of nitrogens with zero attached hydrogens (tertiary/aromatic N) is 1. The van der Waals surface area contributed by atoms with Crippen LogP contribution in [0.4, 0.5) is 0 Å². The molecule has 0 saturated carbocycles. The van der Waals surface area contributed by atoms with E-state index in [9.17, 15) is 4.79 Å². The molecule has 1 aromatic heterocycles. The molecule has 1 N–H and O–H groups in total. The first kappa shape index (κ1) is 12.3. The monoisotopic (exact) mass is 256 g/mol. The Morgan fingerprint density at radius 1 is 1.42 bits per heavy atom. The summed E-state index contributed by atoms with van der Waals surface area (Å²) >= 11 is 0. The van der Waals surface area contributed by atoms with Gasteiger partial charge in [-0.05, 0) is 18.6 Å². The Morgan fingerprint density at radius 3 is 3.05 bits per heavy atom. The second kappa shape index (κ2) is 5.07. The molecule has 4 nitrogen and oxygen atoms in total. The fraction of sp³-hybridized carbons (Fsp3) is 0.333. The molecular formula is C15H16N2O2. The summed E-state index contributed by atoms with van der Waals surface area (Å²) in [6, 6.07) is 9.56. The second-order valence-corrected chi connectivity index (χ2v) is 4.84. The van der Waals surface area contributed by atoms with Crippen LogP contribution in [-0.4, -0.2) is 36.6 Å². The zero-order valence-electron chi connectivity index (χ0n) is 10.8. The highest BCUT2D eigenvalue weighted by atomic mass is 16.5. The van der Waals surface area contributed by atoms with E-state index in [-0.39, 0.29) is 17.9 Å². The van der Waals surface area contributed by atoms with Crippen LogP contribution < -0.4 is 5.32 Å². The van der Waals surface area contributed by atoms with Gasteiger partial charge in [0, 0.05) is 30.8 Å². The Kier molecular flexibility index (Phi) is 3.27. The van der Waals surface area contributed by atoms with Crippen molar-refractivity contribution in [2.45, 2.75) is 18.6 Å². The minimum absolute atomic E-state index is 0.0952. The lowest BCUT2D eigenvalue weighted by Crippen LogP contribution is -2.30. The lowest BCUT2D eigenvalue weighted by atomic mass is 10.0. The van der Waals surface area contributed by atoms with Crippen LogP contribution in [0.15, 0.2) is 36.5 Å². The number of methoxy groups -OCH3 is 1. The molecule has 1 aliphatic heterocycles. The maximum absolute atomic E-state index is 12.4. The van der Waals surface area contributed by atoms with Crippen LogP contribution in [0.25, 0.3) is 10.9 Å². The molecule has 2 aromatic rings. The highest BCUT2D eigenvalue weighted by Gasteiger charge is 2.30. The van der Waals surface area contributed by atoms with Gasteiger partial charge in [-0.25, -0.2) is 0 Å². The standard InChI is InChI=1S/C15H16N2O2/c1-19-12-7-14(17-9-12)15(18)11-6-10-4-2-3-5-13(10)16-8-11/h2-6,8,12,14,17H,7,9H2,1H3. The van der Waals surface area contributed by atoms with Crippen LogP contribution in [0.3, 0.4) is 0 Å². The number of fused-ring (bicyclic) bond motifs is 1. The van der Waals surface area contributed by atoms with Crippen molar-refractivity contribution in [1.29, 1.82) is 0 Å². The van der Waals surface area contributed by atoms with Crippen LogP contribution >= 0.6 is 0 Å². The number of ketones is 1. The maximum Gasteiger partial charge on any atom is 0.181 e. The van der Waals surface area contributed by atoms with E-state index in [0.717, 1.165) is 23.9 Å². The Bertz CT molecular complexity index is 612. The molecule has 0 spiro atoms. The first-order chi connectivity index (χ1) is 9.28. The average molecular weight is 256 g/mol. The van der Waals surface area contributed by atoms with E-state index in [1.807, 2.05) is 30.3 Å². The SMILES string of the molecule is COC1CNC(C(=O)c2cnc3ccccc3c2)C1. The van der Waals surface area contributed by atoms with Gasteiger partial charge < -0.3 is 10.1 Å². The van der Waals surface area contributed by atoms with Gasteiger partial charge in [-0.2, -0.15) is 0 Å². The lowest BCUT2D eigenvalue weighted by molar-refractivity contribution is 0.0918. The molecule has 1 saturated heterocycles. The summed E-state index contributed by atoms with van der Waals surface area (Å²) in [6.07, 6.45) is 2.51. The fourth-order valence-corrected chi connectivity index (χ4v) is 2.49. The highest BCUT2D eigenvalue weighted by Crippen LogP contribution is 2.18. The fourth-order valence-electron chi connectivity index (χ4n) is 2.49. The summed E-state index contributed by atoms with van der Waals surface area (Å²) < 4.78 is 5.27. The van der Waals surface area contributed by atoms with Gasteiger partial charge in [-0.3, -0.25) is 9.78 Å². The smallest absolute Gasteiger partial charge is 0.181 e. The van der Waals surface area contributed by atoms with Crippen molar-refractivity contribution in [3.05, 3.63) is 42.1 Å². The third kappa shape index (κ3) is 2.37. The second-order valence-electron chi connectivity index (χ2n) is 4.84. The Balaban J connectivity index is 1.85. The van der Waals surface area contributed by atoms with Crippen molar-refractivity contribution in [2.75, 3.05) is 13.7 Å². The van der Waals surface area contributed by atoms with E-state index in [2.05, 4.69) is 10.3 Å². The number of carbonyl (C=O) groups is 1. The van der Waals surface area contributed by atoms with Gasteiger partial charge in [0.25, 0.3) is 0 Å². The molecule has 2 unspecified atom stereocenters. The number of carbonyl (C=O) groups excluding carboxylic acids is 1. The first-order valence-electron chi connectivity index (χ1n) is 6.43. The summed E-state index contributed by atoms with van der Waals surface area (Å²) in [6.45, 7) is 0.730. The molecule has 4 heteroatoms. The average Bonchev–Trinajstić information content (AvgIpc) is 2.95. The maximum atomic E-state index is 12.4. The van der Waals surface area contributed by atoms with E-state index in [4.69, 9.17) is 4.74 Å². The summed E-state index contributed by atoms with van der Waals surface area (Å²) in [5.74, 6) is 0.0952. The molecule has 1 aromatic carbocycles. The largest absolute Gasteiger partial charge is 0.380 e. The molecule has 0 bridgehead atoms. The number of nitrogens with one attached hydrogen (secondary N) is 1. The molecule has 0 radical (unpaired) electrons. The van der Waals surface area contributed by atoms with Gasteiger partial charge >= 0.3 is 0 Å². The van der Waals surface area contributed by atoms with Gasteiger partial charge in [0.05, 0.1) is 17.7 Å². The van der Waals surface area contributed by atoms with Gasteiger partial charge in [-0.1, -0.05) is 18.2 Å². The van der Waals surface area contributed by atoms with Crippen molar-refractivity contribution < 1.29 is 9.53 Å². The Hall–Kier alpha value is -1.78. The molecule has 3 rings (SSSR count). The van der Waals surface area contributed by atoms with Crippen LogP contribution in [0.5, 0.6) is 0 Å². The summed E-state index contributed by atoms with van der Waals surface area (Å²) in [5, 5.41) is 4.20. The minimum Gasteiger partial charge on any atom is -0.380 e. The zero-order valence-corrected chi connectivity index (χ0v) is 10.8. The van der Waals surface area contributed by atoms with Gasteiger partial charge in [0.15, 0.2) is 5.78 Å². The summed E-state index contributed by atoms with van der Waals surface area (Å²) in [4.78, 5) is 16.7. The third-order valence-electron chi connectivity index (χ3n) is 3.62. The third-order valence-corrected chi connectivity index (χ3v) is 3.62. The van der Waals surface area contributed by atoms with Crippen molar-refractivity contribution >= 4 is 16.7 Å². The number of ether oxygens (including phenoxy) is 1. The van der Waals surface area contributed by atoms with E-state index in [1.54, 1.807) is 13.3 Å². The van der Waals surface area contributed by atoms with Crippen LogP contribution in [0, 0.1) is 0 Å². The molecule has 98 valence electrons. The topological polar surface area (TPSA) is 51.2 Å². The Labute approximate surface area is 111 Å². The van der Waals surface area contributed by atoms with Crippen molar-refractivity contribution in [1.82, 2.24) is 10.3 Å². The zero-order chi connectivity index (χ0) is 13.2. The molecule has 2 atom stereocenters. The van der Waals surface area contributed by atoms with Crippen molar-refractivity contribution in [3.63, 3.8) is 0 Å². The number of pyridine rings is 1. The quantitative estimate of drug-likeness (QED) is 0.851. The van der Waals surface area contributed by atoms with Crippen molar-refractivity contribution in [3.8, 4) is 0 Å². The highest BCUT2D eigenvalue weighted by molar-refractivity contribution is 6.02. The lowest BCUT2D eigenvalue weighted by Gasteiger charge is -2.09. The molecule has 0 amide bonds. The predicted molar refractivity (Wildman–Crippen MR) is 73.3 cm³/mol. The number of hydrogen-bond donors (Lipinski definition) is 1. The molecule has 19 heavy (non-hydrogen) atoms. The number of benzene rings is 1. The molecule has 0 aliphatic carbocycles. The number of Topliss-reactive ketones (excluding diaryl/α,β-unsaturated/α-hetero) is 1. The summed E-state index contributed by atoms with van der Waals surface area (Å²) in [7, 11) is 1.68. The molecular weight excluding hydrogens is 240 g/mol. The van der Waals surface area contributed by atoms with E-state index in [0.29, 0.717) is 5.56 Å². The first-order valence-corrected chi connectivity index (χ1v) is 6.43. The number of hydrogen-bond acceptors (Lipinski definition) is 4. The predicted octanol–water partition coefficient (Wildman–Crippen LogP) is 1.79. The number of rotatable bonds is 3. The van der Waals surface area contributed by atoms with Crippen LogP contribution in [0.2, 0.25) is 0 Å². The Morgan fingerprint density at radius 2 is 2.26 bits per heavy atom. The normalized spacial score (nSPS) is 22.8. The van der Waals surface area contributed by atoms with Crippen molar-refractivity contribution in [2.24, 2.45) is 0 Å². The van der Waals surface area contributed by atoms with E-state index in [1.165, 1.54) is 0 Å². The minimum atomic E-state index is -0.159. The number of aromatic nitrogens is 1. The van der Waals surface area contributed by atoms with E-state index >= 15 is 0 Å². The van der Waals surface area contributed by atoms with Crippen LogP contribution in [0.1, 0.15) is 16.8 Å². The number of para-hydroxylation sites is 1. The molecule has 2 heterocycles. The molecule has 1 fully saturated rings. The van der Waals surface area contributed by atoms with Gasteiger partial charge in [-0.15, -0.1) is 0 Å². The van der Waals surface area contributed by atoms with Gasteiger partial charge in [0.1, 0.15) is 0 Å². The summed E-state index contributed by atoms with van der Waals surface area (Å²) in [5.41, 5.74) is 1.57. The molecule has 1 aliphatic rings. The van der Waals surface area contributed by atoms with Crippen LogP contribution in [-0.2, 0) is 4.74 Å². The van der Waals surface area contributed by atoms with Gasteiger partial charge in [0.2, 0.25) is 0 Å². The van der Waals surface area contributed by atoms with E-state index < -0.39 is 0 Å².